The number of carbonyl (C=O) groups excluding carboxylic acids is 1. The Hall–Kier alpha value is -2.74. The molecule has 3 aromatic rings. The van der Waals surface area contributed by atoms with Crippen molar-refractivity contribution < 1.29 is 9.53 Å². The largest absolute Gasteiger partial charge is 0.381 e. The average Bonchev–Trinajstić information content (AvgIpc) is 3.14. The first kappa shape index (κ1) is 14.6. The van der Waals surface area contributed by atoms with Gasteiger partial charge in [0.25, 0.3) is 5.91 Å². The minimum Gasteiger partial charge on any atom is -0.381 e. The van der Waals surface area contributed by atoms with E-state index in [1.54, 1.807) is 10.9 Å². The second-order valence-electron chi connectivity index (χ2n) is 6.58. The fraction of sp³-hybridized carbons (Fsp3) is 0.412. The molecule has 5 heterocycles. The average molecular weight is 338 g/mol. The topological polar surface area (TPSA) is 78.1 Å². The lowest BCUT2D eigenvalue weighted by atomic mass is 10.1. The Morgan fingerprint density at radius 2 is 1.96 bits per heavy atom. The zero-order chi connectivity index (χ0) is 17.1. The number of pyridine rings is 1. The summed E-state index contributed by atoms with van der Waals surface area (Å²) in [4.78, 5) is 19.8. The number of anilines is 1. The molecule has 1 amide bonds. The maximum absolute atomic E-state index is 13.4. The van der Waals surface area contributed by atoms with Crippen molar-refractivity contribution in [1.29, 1.82) is 0 Å². The summed E-state index contributed by atoms with van der Waals surface area (Å²) in [5.41, 5.74) is 2.93. The maximum atomic E-state index is 13.4. The third-order valence-corrected chi connectivity index (χ3v) is 5.03. The molecule has 5 rings (SSSR count). The van der Waals surface area contributed by atoms with E-state index in [-0.39, 0.29) is 11.9 Å². The van der Waals surface area contributed by atoms with Crippen LogP contribution in [0.25, 0.3) is 22.2 Å². The molecule has 0 bridgehead atoms. The molecule has 0 unspecified atom stereocenters. The summed E-state index contributed by atoms with van der Waals surface area (Å²) in [7, 11) is 3.73. The number of fused-ring (bicyclic) bond motifs is 2. The number of amides is 1. The van der Waals surface area contributed by atoms with Crippen LogP contribution in [-0.4, -0.2) is 49.7 Å². The van der Waals surface area contributed by atoms with Crippen LogP contribution >= 0.6 is 0 Å². The zero-order valence-electron chi connectivity index (χ0n) is 14.1. The summed E-state index contributed by atoms with van der Waals surface area (Å²) in [5, 5.41) is 10.0. The second kappa shape index (κ2) is 5.13. The van der Waals surface area contributed by atoms with Crippen molar-refractivity contribution in [2.45, 2.75) is 18.9 Å². The number of carbonyl (C=O) groups is 1. The molecule has 0 radical (unpaired) electrons. The Labute approximate surface area is 144 Å². The molecular weight excluding hydrogens is 320 g/mol. The summed E-state index contributed by atoms with van der Waals surface area (Å²) in [6.45, 7) is 1.30. The number of hydrogen-bond donors (Lipinski definition) is 0. The second-order valence-corrected chi connectivity index (χ2v) is 6.58. The van der Waals surface area contributed by atoms with Crippen LogP contribution in [0.2, 0.25) is 0 Å². The highest BCUT2D eigenvalue weighted by molar-refractivity contribution is 6.18. The fourth-order valence-corrected chi connectivity index (χ4v) is 3.87. The summed E-state index contributed by atoms with van der Waals surface area (Å²) < 4.78 is 8.99. The minimum absolute atomic E-state index is 0.0559. The normalized spacial score (nSPS) is 17.8. The Morgan fingerprint density at radius 3 is 2.76 bits per heavy atom. The van der Waals surface area contributed by atoms with Crippen molar-refractivity contribution in [2.75, 3.05) is 18.1 Å². The van der Waals surface area contributed by atoms with Crippen molar-refractivity contribution in [3.05, 3.63) is 24.2 Å². The highest BCUT2D eigenvalue weighted by atomic mass is 16.5. The van der Waals surface area contributed by atoms with Gasteiger partial charge in [0.05, 0.1) is 16.5 Å². The van der Waals surface area contributed by atoms with Gasteiger partial charge in [-0.1, -0.05) is 0 Å². The first-order valence-corrected chi connectivity index (χ1v) is 8.42. The summed E-state index contributed by atoms with van der Waals surface area (Å²) in [6.07, 6.45) is 5.19. The number of nitrogens with zero attached hydrogens (tertiary/aromatic N) is 6. The van der Waals surface area contributed by atoms with E-state index in [0.29, 0.717) is 24.7 Å². The smallest absolute Gasteiger partial charge is 0.280 e. The van der Waals surface area contributed by atoms with Gasteiger partial charge in [0, 0.05) is 45.7 Å². The van der Waals surface area contributed by atoms with Gasteiger partial charge >= 0.3 is 0 Å². The number of aryl methyl sites for hydroxylation is 2. The number of ether oxygens (including phenoxy) is 1. The van der Waals surface area contributed by atoms with Gasteiger partial charge in [-0.25, -0.2) is 4.98 Å². The van der Waals surface area contributed by atoms with Crippen LogP contribution in [0.1, 0.15) is 23.3 Å². The molecule has 0 atom stereocenters. The van der Waals surface area contributed by atoms with Crippen molar-refractivity contribution in [1.82, 2.24) is 24.5 Å². The van der Waals surface area contributed by atoms with Crippen molar-refractivity contribution in [3.8, 4) is 11.3 Å². The Balaban J connectivity index is 1.84. The SMILES string of the molecule is Cn1cc2c(n1)C(=O)N(C1CCOCC1)c1nccc3c1c-2nn3C. The van der Waals surface area contributed by atoms with E-state index >= 15 is 0 Å². The van der Waals surface area contributed by atoms with Crippen molar-refractivity contribution in [2.24, 2.45) is 14.1 Å². The van der Waals surface area contributed by atoms with E-state index in [9.17, 15) is 4.79 Å². The summed E-state index contributed by atoms with van der Waals surface area (Å²) in [6, 6.07) is 1.99. The Bertz CT molecular complexity index is 998. The monoisotopic (exact) mass is 338 g/mol. The third kappa shape index (κ3) is 1.97. The van der Waals surface area contributed by atoms with E-state index in [1.807, 2.05) is 35.9 Å². The molecule has 25 heavy (non-hydrogen) atoms. The van der Waals surface area contributed by atoms with Gasteiger partial charge in [0.1, 0.15) is 11.5 Å². The molecule has 8 nitrogen and oxygen atoms in total. The summed E-state index contributed by atoms with van der Waals surface area (Å²) >= 11 is 0. The molecule has 0 spiro atoms. The quantitative estimate of drug-likeness (QED) is 0.672. The third-order valence-electron chi connectivity index (χ3n) is 5.03. The van der Waals surface area contributed by atoms with E-state index < -0.39 is 0 Å². The highest BCUT2D eigenvalue weighted by Crippen LogP contribution is 2.40. The zero-order valence-corrected chi connectivity index (χ0v) is 14.1. The highest BCUT2D eigenvalue weighted by Gasteiger charge is 2.37. The van der Waals surface area contributed by atoms with Gasteiger partial charge in [-0.3, -0.25) is 19.1 Å². The van der Waals surface area contributed by atoms with Crippen LogP contribution in [0.4, 0.5) is 5.82 Å². The van der Waals surface area contributed by atoms with Crippen molar-refractivity contribution >= 4 is 22.6 Å². The van der Waals surface area contributed by atoms with E-state index in [1.165, 1.54) is 0 Å². The maximum Gasteiger partial charge on any atom is 0.280 e. The van der Waals surface area contributed by atoms with Gasteiger partial charge in [0.2, 0.25) is 0 Å². The lowest BCUT2D eigenvalue weighted by Gasteiger charge is -2.33. The summed E-state index contributed by atoms with van der Waals surface area (Å²) in [5.74, 6) is 0.571. The Morgan fingerprint density at radius 1 is 1.16 bits per heavy atom. The number of aromatic nitrogens is 5. The molecule has 0 N–H and O–H groups in total. The first-order chi connectivity index (χ1) is 12.1. The Kier molecular flexibility index (Phi) is 2.99. The van der Waals surface area contributed by atoms with Gasteiger partial charge in [-0.2, -0.15) is 10.2 Å². The van der Waals surface area contributed by atoms with Crippen LogP contribution in [-0.2, 0) is 18.8 Å². The fourth-order valence-electron chi connectivity index (χ4n) is 3.87. The van der Waals surface area contributed by atoms with E-state index in [4.69, 9.17) is 4.74 Å². The molecule has 128 valence electrons. The molecule has 0 aromatic carbocycles. The molecule has 2 aliphatic heterocycles. The van der Waals surface area contributed by atoms with Gasteiger partial charge < -0.3 is 4.74 Å². The lowest BCUT2D eigenvalue weighted by molar-refractivity contribution is 0.0769. The van der Waals surface area contributed by atoms with Crippen molar-refractivity contribution in [3.63, 3.8) is 0 Å². The van der Waals surface area contributed by atoms with Gasteiger partial charge in [0.15, 0.2) is 5.69 Å². The van der Waals surface area contributed by atoms with Crippen LogP contribution in [0.15, 0.2) is 18.5 Å². The first-order valence-electron chi connectivity index (χ1n) is 8.42. The molecule has 1 fully saturated rings. The molecule has 3 aromatic heterocycles. The van der Waals surface area contributed by atoms with Crippen LogP contribution < -0.4 is 4.90 Å². The van der Waals surface area contributed by atoms with Crippen LogP contribution in [0.3, 0.4) is 0 Å². The van der Waals surface area contributed by atoms with E-state index in [0.717, 1.165) is 35.0 Å². The minimum atomic E-state index is -0.108. The molecule has 0 aliphatic carbocycles. The van der Waals surface area contributed by atoms with E-state index in [2.05, 4.69) is 15.2 Å². The molecule has 8 heteroatoms. The lowest BCUT2D eigenvalue weighted by Crippen LogP contribution is -2.44. The standard InChI is InChI=1S/C17H18N6O2/c1-21-9-11-14-13-12(22(2)20-14)3-6-18-16(13)23(17(24)15(11)19-21)10-4-7-25-8-5-10/h3,6,9-10H,4-5,7-8H2,1-2H3. The predicted octanol–water partition coefficient (Wildman–Crippen LogP) is 1.51. The number of hydrogen-bond acceptors (Lipinski definition) is 5. The molecule has 2 aliphatic rings. The number of rotatable bonds is 1. The molecule has 0 saturated carbocycles. The molecule has 1 saturated heterocycles. The van der Waals surface area contributed by atoms with Crippen LogP contribution in [0, 0.1) is 0 Å². The van der Waals surface area contributed by atoms with Crippen LogP contribution in [0.5, 0.6) is 0 Å². The predicted molar refractivity (Wildman–Crippen MR) is 91.4 cm³/mol. The van der Waals surface area contributed by atoms with Gasteiger partial charge in [-0.05, 0) is 18.9 Å². The molecular formula is C17H18N6O2. The van der Waals surface area contributed by atoms with Gasteiger partial charge in [-0.15, -0.1) is 0 Å².